The van der Waals surface area contributed by atoms with Crippen LogP contribution in [0.4, 0.5) is 0 Å². The smallest absolute Gasteiger partial charge is 0.147 e. The highest BCUT2D eigenvalue weighted by Gasteiger charge is 2.24. The average Bonchev–Trinajstić information content (AvgIpc) is 2.14. The molecule has 1 N–H and O–H groups in total. The van der Waals surface area contributed by atoms with Crippen LogP contribution >= 0.6 is 0 Å². The van der Waals surface area contributed by atoms with Gasteiger partial charge in [-0.3, -0.25) is 0 Å². The standard InChI is InChI=1S/C13H29NO2S/c1-6-7-13(4,8-9-17(5,15)16)11-14-10-12(2)3/h12,14H,6-11H2,1-5H3. The molecule has 0 aromatic carbocycles. The molecule has 0 heterocycles. The molecule has 4 heteroatoms. The van der Waals surface area contributed by atoms with Crippen LogP contribution in [0.5, 0.6) is 0 Å². The maximum absolute atomic E-state index is 11.2. The minimum atomic E-state index is -2.84. The molecule has 1 atom stereocenters. The van der Waals surface area contributed by atoms with E-state index in [1.165, 1.54) is 6.26 Å². The minimum Gasteiger partial charge on any atom is -0.316 e. The Morgan fingerprint density at radius 3 is 2.24 bits per heavy atom. The van der Waals surface area contributed by atoms with Crippen LogP contribution in [0.25, 0.3) is 0 Å². The second-order valence-electron chi connectivity index (χ2n) is 5.97. The van der Waals surface area contributed by atoms with Gasteiger partial charge in [0.1, 0.15) is 9.84 Å². The monoisotopic (exact) mass is 263 g/mol. The van der Waals surface area contributed by atoms with Crippen LogP contribution in [0.1, 0.15) is 47.0 Å². The van der Waals surface area contributed by atoms with Gasteiger partial charge in [0, 0.05) is 12.8 Å². The van der Waals surface area contributed by atoms with E-state index in [9.17, 15) is 8.42 Å². The van der Waals surface area contributed by atoms with Crippen LogP contribution in [0.3, 0.4) is 0 Å². The molecule has 0 rings (SSSR count). The second-order valence-corrected chi connectivity index (χ2v) is 8.23. The van der Waals surface area contributed by atoms with Crippen molar-refractivity contribution in [3.8, 4) is 0 Å². The summed E-state index contributed by atoms with van der Waals surface area (Å²) in [5.41, 5.74) is 0.104. The second kappa shape index (κ2) is 7.37. The fourth-order valence-electron chi connectivity index (χ4n) is 2.00. The Hall–Kier alpha value is -0.0900. The van der Waals surface area contributed by atoms with Crippen molar-refractivity contribution in [3.05, 3.63) is 0 Å². The lowest BCUT2D eigenvalue weighted by atomic mass is 9.83. The van der Waals surface area contributed by atoms with Crippen molar-refractivity contribution in [1.29, 1.82) is 0 Å². The molecule has 17 heavy (non-hydrogen) atoms. The zero-order valence-electron chi connectivity index (χ0n) is 12.0. The van der Waals surface area contributed by atoms with Crippen molar-refractivity contribution in [2.24, 2.45) is 11.3 Å². The zero-order valence-corrected chi connectivity index (χ0v) is 12.9. The van der Waals surface area contributed by atoms with E-state index in [-0.39, 0.29) is 5.41 Å². The molecular formula is C13H29NO2S. The van der Waals surface area contributed by atoms with Gasteiger partial charge in [0.05, 0.1) is 5.75 Å². The summed E-state index contributed by atoms with van der Waals surface area (Å²) < 4.78 is 22.5. The van der Waals surface area contributed by atoms with Crippen LogP contribution in [0.15, 0.2) is 0 Å². The van der Waals surface area contributed by atoms with E-state index in [1.54, 1.807) is 0 Å². The fourth-order valence-corrected chi connectivity index (χ4v) is 2.86. The normalized spacial score (nSPS) is 16.1. The Morgan fingerprint density at radius 2 is 1.82 bits per heavy atom. The van der Waals surface area contributed by atoms with Crippen LogP contribution in [0, 0.1) is 11.3 Å². The minimum absolute atomic E-state index is 0.104. The van der Waals surface area contributed by atoms with Gasteiger partial charge in [-0.25, -0.2) is 8.42 Å². The topological polar surface area (TPSA) is 46.2 Å². The van der Waals surface area contributed by atoms with Gasteiger partial charge in [-0.15, -0.1) is 0 Å². The van der Waals surface area contributed by atoms with Crippen molar-refractivity contribution in [2.45, 2.75) is 47.0 Å². The molecule has 0 fully saturated rings. The van der Waals surface area contributed by atoms with Crippen LogP contribution < -0.4 is 5.32 Å². The molecule has 0 saturated carbocycles. The molecule has 0 spiro atoms. The fraction of sp³-hybridized carbons (Fsp3) is 1.00. The van der Waals surface area contributed by atoms with Gasteiger partial charge in [-0.1, -0.05) is 34.1 Å². The summed E-state index contributed by atoms with van der Waals surface area (Å²) in [6.07, 6.45) is 4.25. The van der Waals surface area contributed by atoms with Crippen molar-refractivity contribution < 1.29 is 8.42 Å². The van der Waals surface area contributed by atoms with Gasteiger partial charge in [-0.05, 0) is 30.7 Å². The van der Waals surface area contributed by atoms with E-state index in [0.29, 0.717) is 11.7 Å². The molecule has 0 aromatic heterocycles. The third kappa shape index (κ3) is 9.60. The highest BCUT2D eigenvalue weighted by Crippen LogP contribution is 2.27. The SMILES string of the molecule is CCCC(C)(CCS(C)(=O)=O)CNCC(C)C. The first kappa shape index (κ1) is 16.9. The van der Waals surface area contributed by atoms with Crippen LogP contribution in [-0.2, 0) is 9.84 Å². The first-order valence-corrected chi connectivity index (χ1v) is 8.63. The predicted molar refractivity (Wildman–Crippen MR) is 75.1 cm³/mol. The molecule has 0 bridgehead atoms. The molecule has 0 aliphatic carbocycles. The van der Waals surface area contributed by atoms with Crippen LogP contribution in [-0.4, -0.2) is 33.5 Å². The largest absolute Gasteiger partial charge is 0.316 e. The summed E-state index contributed by atoms with van der Waals surface area (Å²) in [5.74, 6) is 0.933. The van der Waals surface area contributed by atoms with Crippen molar-refractivity contribution in [1.82, 2.24) is 5.32 Å². The lowest BCUT2D eigenvalue weighted by Crippen LogP contribution is -2.35. The summed E-state index contributed by atoms with van der Waals surface area (Å²) in [5, 5.41) is 3.45. The molecule has 1 unspecified atom stereocenters. The number of hydrogen-bond acceptors (Lipinski definition) is 3. The summed E-state index contributed by atoms with van der Waals surface area (Å²) >= 11 is 0. The van der Waals surface area contributed by atoms with Gasteiger partial charge in [-0.2, -0.15) is 0 Å². The first-order chi connectivity index (χ1) is 7.68. The summed E-state index contributed by atoms with van der Waals surface area (Å²) in [7, 11) is -2.84. The maximum atomic E-state index is 11.2. The molecule has 0 saturated heterocycles. The Morgan fingerprint density at radius 1 is 1.24 bits per heavy atom. The highest BCUT2D eigenvalue weighted by atomic mass is 32.2. The summed E-state index contributed by atoms with van der Waals surface area (Å²) in [6.45, 7) is 10.6. The highest BCUT2D eigenvalue weighted by molar-refractivity contribution is 7.90. The van der Waals surface area contributed by atoms with Gasteiger partial charge < -0.3 is 5.32 Å². The molecule has 0 amide bonds. The molecule has 0 radical (unpaired) electrons. The molecular weight excluding hydrogens is 234 g/mol. The summed E-state index contributed by atoms with van der Waals surface area (Å²) in [4.78, 5) is 0. The van der Waals surface area contributed by atoms with Crippen molar-refractivity contribution >= 4 is 9.84 Å². The van der Waals surface area contributed by atoms with E-state index in [4.69, 9.17) is 0 Å². The quantitative estimate of drug-likeness (QED) is 0.695. The lowest BCUT2D eigenvalue weighted by Gasteiger charge is -2.30. The van der Waals surface area contributed by atoms with E-state index >= 15 is 0 Å². The van der Waals surface area contributed by atoms with E-state index in [2.05, 4.69) is 33.0 Å². The van der Waals surface area contributed by atoms with Crippen molar-refractivity contribution in [3.63, 3.8) is 0 Å². The number of nitrogens with one attached hydrogen (secondary N) is 1. The molecule has 104 valence electrons. The molecule has 0 aliphatic rings. The summed E-state index contributed by atoms with van der Waals surface area (Å²) in [6, 6.07) is 0. The molecule has 3 nitrogen and oxygen atoms in total. The predicted octanol–water partition coefficient (Wildman–Crippen LogP) is 2.47. The van der Waals surface area contributed by atoms with Crippen LogP contribution in [0.2, 0.25) is 0 Å². The number of rotatable bonds is 9. The Balaban J connectivity index is 4.24. The Labute approximate surface area is 107 Å². The van der Waals surface area contributed by atoms with E-state index < -0.39 is 9.84 Å². The average molecular weight is 263 g/mol. The zero-order chi connectivity index (χ0) is 13.5. The van der Waals surface area contributed by atoms with E-state index in [1.807, 2.05) is 0 Å². The lowest BCUT2D eigenvalue weighted by molar-refractivity contribution is 0.263. The number of hydrogen-bond donors (Lipinski definition) is 1. The van der Waals surface area contributed by atoms with Gasteiger partial charge in [0.25, 0.3) is 0 Å². The Bertz CT molecular complexity index is 299. The first-order valence-electron chi connectivity index (χ1n) is 6.57. The van der Waals surface area contributed by atoms with Gasteiger partial charge >= 0.3 is 0 Å². The van der Waals surface area contributed by atoms with Crippen molar-refractivity contribution in [2.75, 3.05) is 25.1 Å². The third-order valence-electron chi connectivity index (χ3n) is 3.03. The maximum Gasteiger partial charge on any atom is 0.147 e. The van der Waals surface area contributed by atoms with E-state index in [0.717, 1.165) is 32.4 Å². The van der Waals surface area contributed by atoms with Gasteiger partial charge in [0.15, 0.2) is 0 Å². The number of sulfone groups is 1. The third-order valence-corrected chi connectivity index (χ3v) is 3.98. The Kier molecular flexibility index (Phi) is 7.33. The van der Waals surface area contributed by atoms with Gasteiger partial charge in [0.2, 0.25) is 0 Å². The molecule has 0 aliphatic heterocycles. The molecule has 0 aromatic rings.